The topological polar surface area (TPSA) is 144 Å². The van der Waals surface area contributed by atoms with Crippen LogP contribution in [0.5, 0.6) is 0 Å². The molecule has 2 unspecified atom stereocenters. The molecule has 252 valence electrons. The van der Waals surface area contributed by atoms with Gasteiger partial charge in [-0.1, -0.05) is 51.1 Å². The number of hydrogen-bond donors (Lipinski definition) is 3. The predicted molar refractivity (Wildman–Crippen MR) is 176 cm³/mol. The fourth-order valence-electron chi connectivity index (χ4n) is 6.78. The van der Waals surface area contributed by atoms with E-state index in [0.29, 0.717) is 55.2 Å². The number of carbonyl (C=O) groups is 4. The summed E-state index contributed by atoms with van der Waals surface area (Å²) < 4.78 is 23.9. The third-order valence-electron chi connectivity index (χ3n) is 9.49. The molecule has 47 heavy (non-hydrogen) atoms. The molecule has 2 fully saturated rings. The van der Waals surface area contributed by atoms with Crippen LogP contribution in [0.1, 0.15) is 81.3 Å². The molecule has 1 aromatic heterocycles. The molecule has 0 bridgehead atoms. The van der Waals surface area contributed by atoms with Crippen LogP contribution in [0.4, 0.5) is 10.1 Å². The van der Waals surface area contributed by atoms with E-state index in [1.54, 1.807) is 49.9 Å². The van der Waals surface area contributed by atoms with Gasteiger partial charge in [-0.15, -0.1) is 0 Å². The first kappa shape index (κ1) is 34.1. The molecule has 4 atom stereocenters. The highest BCUT2D eigenvalue weighted by Crippen LogP contribution is 2.38. The highest BCUT2D eigenvalue weighted by atomic mass is 19.1. The van der Waals surface area contributed by atoms with Gasteiger partial charge in [-0.2, -0.15) is 0 Å². The van der Waals surface area contributed by atoms with Gasteiger partial charge in [-0.05, 0) is 67.9 Å². The van der Waals surface area contributed by atoms with Gasteiger partial charge < -0.3 is 30.4 Å². The number of nitrogens with two attached hydrogens (primary N) is 1. The lowest BCUT2D eigenvalue weighted by atomic mass is 9.78. The van der Waals surface area contributed by atoms with Gasteiger partial charge in [0.05, 0.1) is 0 Å². The van der Waals surface area contributed by atoms with E-state index in [1.807, 2.05) is 30.3 Å². The summed E-state index contributed by atoms with van der Waals surface area (Å²) in [7, 11) is 0. The van der Waals surface area contributed by atoms with Gasteiger partial charge in [-0.25, -0.2) is 9.18 Å². The summed E-state index contributed by atoms with van der Waals surface area (Å²) in [5.74, 6) is -2.02. The Balaban J connectivity index is 1.32. The van der Waals surface area contributed by atoms with Gasteiger partial charge in [0.25, 0.3) is 0 Å². The molecule has 0 spiro atoms. The minimum atomic E-state index is -1.02. The van der Waals surface area contributed by atoms with Crippen molar-refractivity contribution in [1.29, 1.82) is 0 Å². The van der Waals surface area contributed by atoms with Crippen LogP contribution in [0.2, 0.25) is 0 Å². The number of esters is 2. The van der Waals surface area contributed by atoms with Crippen molar-refractivity contribution in [2.75, 3.05) is 18.5 Å². The van der Waals surface area contributed by atoms with Crippen LogP contribution < -0.4 is 11.1 Å². The van der Waals surface area contributed by atoms with Gasteiger partial charge in [-0.3, -0.25) is 14.4 Å². The van der Waals surface area contributed by atoms with Crippen molar-refractivity contribution in [3.8, 4) is 0 Å². The molecule has 1 aliphatic carbocycles. The van der Waals surface area contributed by atoms with E-state index in [9.17, 15) is 23.6 Å². The molecule has 1 saturated heterocycles. The maximum Gasteiger partial charge on any atom is 0.357 e. The third kappa shape index (κ3) is 7.84. The zero-order valence-electron chi connectivity index (χ0n) is 27.2. The predicted octanol–water partition coefficient (Wildman–Crippen LogP) is 5.69. The number of nitrogens with one attached hydrogen (secondary N) is 2. The lowest BCUT2D eigenvalue weighted by Gasteiger charge is -2.35. The van der Waals surface area contributed by atoms with Crippen LogP contribution in [-0.2, 0) is 23.9 Å². The molecule has 11 heteroatoms. The van der Waals surface area contributed by atoms with E-state index >= 15 is 0 Å². The van der Waals surface area contributed by atoms with Crippen LogP contribution in [0, 0.1) is 17.8 Å². The van der Waals surface area contributed by atoms with Crippen molar-refractivity contribution in [3.63, 3.8) is 0 Å². The van der Waals surface area contributed by atoms with E-state index in [2.05, 4.69) is 10.3 Å². The molecular weight excluding hydrogens is 603 g/mol. The monoisotopic (exact) mass is 648 g/mol. The number of rotatable bonds is 11. The van der Waals surface area contributed by atoms with Crippen LogP contribution in [-0.4, -0.2) is 65.2 Å². The van der Waals surface area contributed by atoms with Crippen LogP contribution in [0.25, 0.3) is 10.9 Å². The maximum atomic E-state index is 14.0. The average Bonchev–Trinajstić information content (AvgIpc) is 3.72. The van der Waals surface area contributed by atoms with Crippen molar-refractivity contribution in [2.24, 2.45) is 23.5 Å². The second-order valence-electron chi connectivity index (χ2n) is 13.0. The summed E-state index contributed by atoms with van der Waals surface area (Å²) in [5.41, 5.74) is 8.30. The molecule has 10 nitrogen and oxygen atoms in total. The third-order valence-corrected chi connectivity index (χ3v) is 9.49. The number of anilines is 1. The van der Waals surface area contributed by atoms with Gasteiger partial charge in [0.1, 0.15) is 18.4 Å². The second-order valence-corrected chi connectivity index (χ2v) is 13.0. The minimum absolute atomic E-state index is 0.0376. The molecule has 3 aromatic rings. The Labute approximate surface area is 274 Å². The van der Waals surface area contributed by atoms with Crippen molar-refractivity contribution in [3.05, 3.63) is 65.9 Å². The summed E-state index contributed by atoms with van der Waals surface area (Å²) in [6.45, 7) is 5.15. The number of hydrogen-bond acceptors (Lipinski definition) is 7. The number of halogens is 1. The van der Waals surface area contributed by atoms with Crippen molar-refractivity contribution >= 4 is 40.3 Å². The van der Waals surface area contributed by atoms with Crippen molar-refractivity contribution in [1.82, 2.24) is 9.88 Å². The zero-order chi connectivity index (χ0) is 33.7. The highest BCUT2D eigenvalue weighted by Gasteiger charge is 2.45. The number of benzene rings is 2. The van der Waals surface area contributed by atoms with Gasteiger partial charge in [0, 0.05) is 53.4 Å². The first-order valence-corrected chi connectivity index (χ1v) is 16.6. The first-order valence-electron chi connectivity index (χ1n) is 16.6. The number of H-pyrrole nitrogens is 1. The molecule has 1 aliphatic heterocycles. The Bertz CT molecular complexity index is 1570. The summed E-state index contributed by atoms with van der Waals surface area (Å²) in [4.78, 5) is 57.4. The van der Waals surface area contributed by atoms with Gasteiger partial charge >= 0.3 is 11.9 Å². The average molecular weight is 649 g/mol. The normalized spacial score (nSPS) is 22.6. The Morgan fingerprint density at radius 3 is 2.38 bits per heavy atom. The lowest BCUT2D eigenvalue weighted by Crippen LogP contribution is -2.48. The molecule has 2 heterocycles. The second kappa shape index (κ2) is 15.1. The molecule has 2 aromatic carbocycles. The van der Waals surface area contributed by atoms with E-state index in [1.165, 1.54) is 0 Å². The van der Waals surface area contributed by atoms with Gasteiger partial charge in [0.15, 0.2) is 0 Å². The fraction of sp³-hybridized carbons (Fsp3) is 0.500. The summed E-state index contributed by atoms with van der Waals surface area (Å²) in [5, 5.41) is 3.70. The van der Waals surface area contributed by atoms with Crippen LogP contribution in [0.15, 0.2) is 54.6 Å². The Kier molecular flexibility index (Phi) is 11.0. The number of likely N-dealkylation sites (tertiary alicyclic amines) is 1. The molecule has 1 saturated carbocycles. The number of alkyl halides is 1. The maximum absolute atomic E-state index is 14.0. The Morgan fingerprint density at radius 1 is 1.00 bits per heavy atom. The summed E-state index contributed by atoms with van der Waals surface area (Å²) in [6.07, 6.45) is 2.46. The van der Waals surface area contributed by atoms with E-state index in [0.717, 1.165) is 5.56 Å². The van der Waals surface area contributed by atoms with Crippen molar-refractivity contribution in [2.45, 2.75) is 83.6 Å². The molecule has 5 rings (SSSR count). The zero-order valence-corrected chi connectivity index (χ0v) is 27.2. The van der Waals surface area contributed by atoms with E-state index in [4.69, 9.17) is 15.2 Å². The first-order chi connectivity index (χ1) is 22.6. The number of ether oxygens (including phenoxy) is 2. The summed E-state index contributed by atoms with van der Waals surface area (Å²) in [6, 6.07) is 15.4. The van der Waals surface area contributed by atoms with E-state index < -0.39 is 37.0 Å². The molecule has 0 radical (unpaired) electrons. The number of carbonyl (C=O) groups excluding carboxylic acids is 4. The quantitative estimate of drug-likeness (QED) is 0.179. The molecule has 2 aliphatic rings. The summed E-state index contributed by atoms with van der Waals surface area (Å²) >= 11 is 0. The van der Waals surface area contributed by atoms with Crippen LogP contribution in [0.3, 0.4) is 0 Å². The molecule has 4 N–H and O–H groups in total. The van der Waals surface area contributed by atoms with Crippen molar-refractivity contribution < 1.29 is 33.0 Å². The standard InChI is InChI=1S/C36H45FN4O6/c1-4-31(42)46-36(21(2)3)47-35(45)30-19-25-18-26(14-15-29(25)40-30)39-33(43)32-27(22-8-6-5-7-9-22)16-17-41(32)34(44)24-12-10-23(11-13-24)28(38)20-37/h5-9,14-15,18-19,21,23-24,27-28,32,36,40H,4,10-13,16-17,20,38H2,1-3H3,(H,39,43)/t23-,24-,27-,28?,32+,36?/m1/s1. The highest BCUT2D eigenvalue weighted by molar-refractivity contribution is 6.01. The largest absolute Gasteiger partial charge is 0.425 e. The number of fused-ring (bicyclic) bond motifs is 1. The lowest BCUT2D eigenvalue weighted by molar-refractivity contribution is -0.175. The minimum Gasteiger partial charge on any atom is -0.425 e. The molecule has 2 amide bonds. The smallest absolute Gasteiger partial charge is 0.357 e. The Morgan fingerprint density at radius 2 is 1.72 bits per heavy atom. The fourth-order valence-corrected chi connectivity index (χ4v) is 6.78. The number of amides is 2. The van der Waals surface area contributed by atoms with Gasteiger partial charge in [0.2, 0.25) is 18.1 Å². The van der Waals surface area contributed by atoms with E-state index in [-0.39, 0.29) is 47.6 Å². The number of nitrogens with zero attached hydrogens (tertiary/aromatic N) is 1. The molecular formula is C36H45FN4O6. The SMILES string of the molecule is CCC(=O)OC(OC(=O)c1cc2cc(NC(=O)[C@@H]3[C@@H](c4ccccc4)CCN3C(=O)[C@H]3CC[C@H](C(N)CF)CC3)ccc2[nH]1)C(C)C. The Hall–Kier alpha value is -4.25. The number of aromatic nitrogens is 1. The van der Waals surface area contributed by atoms with Crippen LogP contribution >= 0.6 is 0 Å². The number of aromatic amines is 1.